The van der Waals surface area contributed by atoms with Gasteiger partial charge >= 0.3 is 5.97 Å². The Balaban J connectivity index is 2.02. The molecule has 0 N–H and O–H groups in total. The number of carbonyl (C=O) groups is 2. The van der Waals surface area contributed by atoms with Gasteiger partial charge in [0, 0.05) is 5.69 Å². The van der Waals surface area contributed by atoms with E-state index in [9.17, 15) is 9.59 Å². The predicted molar refractivity (Wildman–Crippen MR) is 87.7 cm³/mol. The Kier molecular flexibility index (Phi) is 5.92. The van der Waals surface area contributed by atoms with Crippen LogP contribution in [0.3, 0.4) is 0 Å². The van der Waals surface area contributed by atoms with Crippen LogP contribution in [0.4, 0.5) is 5.69 Å². The molecule has 0 radical (unpaired) electrons. The first-order valence-electron chi connectivity index (χ1n) is 7.19. The molecular weight excluding hydrogens is 308 g/mol. The fourth-order valence-corrected chi connectivity index (χ4v) is 2.04. The molecule has 0 heterocycles. The molecule has 0 atom stereocenters. The van der Waals surface area contributed by atoms with Crippen molar-refractivity contribution >= 4 is 17.6 Å². The van der Waals surface area contributed by atoms with Gasteiger partial charge in [0.2, 0.25) is 0 Å². The topological polar surface area (TPSA) is 79.6 Å². The Bertz CT molecular complexity index is 753. The number of methoxy groups -OCH3 is 1. The maximum atomic E-state index is 12.3. The summed E-state index contributed by atoms with van der Waals surface area (Å²) in [5.74, 6) is -0.586. The van der Waals surface area contributed by atoms with E-state index in [-0.39, 0.29) is 12.1 Å². The van der Waals surface area contributed by atoms with E-state index in [4.69, 9.17) is 14.7 Å². The molecule has 0 saturated carbocycles. The van der Waals surface area contributed by atoms with E-state index >= 15 is 0 Å². The van der Waals surface area contributed by atoms with Gasteiger partial charge in [0.15, 0.2) is 6.61 Å². The molecule has 6 heteroatoms. The van der Waals surface area contributed by atoms with Gasteiger partial charge in [-0.25, -0.2) is 4.79 Å². The highest BCUT2D eigenvalue weighted by Gasteiger charge is 2.18. The van der Waals surface area contributed by atoms with Crippen molar-refractivity contribution in [2.45, 2.75) is 0 Å². The van der Waals surface area contributed by atoms with E-state index in [1.54, 1.807) is 48.5 Å². The highest BCUT2D eigenvalue weighted by Crippen LogP contribution is 2.15. The van der Waals surface area contributed by atoms with E-state index in [0.29, 0.717) is 11.4 Å². The molecule has 0 aliphatic heterocycles. The third-order valence-electron chi connectivity index (χ3n) is 3.23. The average molecular weight is 324 g/mol. The van der Waals surface area contributed by atoms with Gasteiger partial charge in [0.25, 0.3) is 5.91 Å². The monoisotopic (exact) mass is 324 g/mol. The number of para-hydroxylation sites is 1. The van der Waals surface area contributed by atoms with Crippen LogP contribution in [0.1, 0.15) is 10.4 Å². The number of hydrogen-bond acceptors (Lipinski definition) is 5. The van der Waals surface area contributed by atoms with Crippen LogP contribution in [0.2, 0.25) is 0 Å². The molecule has 122 valence electrons. The van der Waals surface area contributed by atoms with Gasteiger partial charge in [-0.15, -0.1) is 0 Å². The van der Waals surface area contributed by atoms with Gasteiger partial charge in [0.05, 0.1) is 18.7 Å². The number of benzene rings is 2. The predicted octanol–water partition coefficient (Wildman–Crippen LogP) is 2.41. The third-order valence-corrected chi connectivity index (χ3v) is 3.23. The van der Waals surface area contributed by atoms with Crippen LogP contribution < -0.4 is 9.64 Å². The number of amides is 1. The number of carbonyl (C=O) groups excluding carboxylic acids is 2. The number of ether oxygens (including phenoxy) is 2. The molecule has 24 heavy (non-hydrogen) atoms. The number of hydrogen-bond donors (Lipinski definition) is 0. The highest BCUT2D eigenvalue weighted by molar-refractivity contribution is 5.97. The lowest BCUT2D eigenvalue weighted by molar-refractivity contribution is -0.121. The fraction of sp³-hybridized carbons (Fsp3) is 0.167. The maximum Gasteiger partial charge on any atom is 0.338 e. The lowest BCUT2D eigenvalue weighted by Gasteiger charge is -2.19. The van der Waals surface area contributed by atoms with Gasteiger partial charge in [-0.1, -0.05) is 24.3 Å². The van der Waals surface area contributed by atoms with Crippen molar-refractivity contribution in [2.75, 3.05) is 25.2 Å². The molecular formula is C18H16N2O4. The second kappa shape index (κ2) is 8.34. The molecule has 0 saturated heterocycles. The average Bonchev–Trinajstić information content (AvgIpc) is 2.64. The third kappa shape index (κ3) is 4.34. The van der Waals surface area contributed by atoms with Crippen molar-refractivity contribution in [3.63, 3.8) is 0 Å². The van der Waals surface area contributed by atoms with Crippen molar-refractivity contribution in [1.82, 2.24) is 0 Å². The quantitative estimate of drug-likeness (QED) is 0.602. The van der Waals surface area contributed by atoms with E-state index in [1.807, 2.05) is 6.07 Å². The summed E-state index contributed by atoms with van der Waals surface area (Å²) in [5, 5.41) is 8.89. The normalized spacial score (nSPS) is 9.67. The maximum absolute atomic E-state index is 12.3. The molecule has 1 amide bonds. The summed E-state index contributed by atoms with van der Waals surface area (Å²) < 4.78 is 10.1. The van der Waals surface area contributed by atoms with Crippen LogP contribution in [0.15, 0.2) is 54.6 Å². The minimum absolute atomic E-state index is 0.125. The molecule has 0 aliphatic carbocycles. The number of rotatable bonds is 6. The van der Waals surface area contributed by atoms with Gasteiger partial charge in [-0.05, 0) is 30.3 Å². The van der Waals surface area contributed by atoms with Crippen LogP contribution in [0.25, 0.3) is 0 Å². The summed E-state index contributed by atoms with van der Waals surface area (Å²) in [6.07, 6.45) is 0. The van der Waals surface area contributed by atoms with E-state index in [2.05, 4.69) is 0 Å². The minimum Gasteiger partial charge on any atom is -0.497 e. The molecule has 2 rings (SSSR count). The summed E-state index contributed by atoms with van der Waals surface area (Å²) in [4.78, 5) is 25.5. The van der Waals surface area contributed by atoms with Crippen molar-refractivity contribution in [1.29, 1.82) is 5.26 Å². The van der Waals surface area contributed by atoms with Crippen LogP contribution in [0, 0.1) is 11.3 Å². The Hall–Kier alpha value is -3.33. The van der Waals surface area contributed by atoms with E-state index in [0.717, 1.165) is 0 Å². The van der Waals surface area contributed by atoms with Crippen molar-refractivity contribution in [2.24, 2.45) is 0 Å². The first-order valence-corrected chi connectivity index (χ1v) is 7.19. The Morgan fingerprint density at radius 3 is 2.54 bits per heavy atom. The first kappa shape index (κ1) is 17.0. The van der Waals surface area contributed by atoms with E-state index in [1.165, 1.54) is 18.1 Å². The van der Waals surface area contributed by atoms with Crippen molar-refractivity contribution in [3.05, 3.63) is 60.2 Å². The smallest absolute Gasteiger partial charge is 0.338 e. The molecule has 0 bridgehead atoms. The van der Waals surface area contributed by atoms with Crippen LogP contribution in [-0.4, -0.2) is 32.1 Å². The lowest BCUT2D eigenvalue weighted by atomic mass is 10.2. The van der Waals surface area contributed by atoms with Crippen molar-refractivity contribution < 1.29 is 19.1 Å². The second-order valence-electron chi connectivity index (χ2n) is 4.78. The fourth-order valence-electron chi connectivity index (χ4n) is 2.04. The SMILES string of the molecule is COc1cccc(C(=O)OCC(=O)N(CC#N)c2ccccc2)c1. The van der Waals surface area contributed by atoms with Gasteiger partial charge in [-0.3, -0.25) is 9.69 Å². The molecule has 0 fully saturated rings. The highest BCUT2D eigenvalue weighted by atomic mass is 16.5. The van der Waals surface area contributed by atoms with E-state index < -0.39 is 18.5 Å². The van der Waals surface area contributed by atoms with Crippen LogP contribution in [0.5, 0.6) is 5.75 Å². The number of esters is 1. The lowest BCUT2D eigenvalue weighted by Crippen LogP contribution is -2.35. The number of nitriles is 1. The summed E-state index contributed by atoms with van der Waals surface area (Å²) in [6, 6.07) is 17.1. The minimum atomic E-state index is -0.632. The largest absolute Gasteiger partial charge is 0.497 e. The molecule has 0 spiro atoms. The summed E-state index contributed by atoms with van der Waals surface area (Å²) >= 11 is 0. The molecule has 2 aromatic carbocycles. The van der Waals surface area contributed by atoms with Crippen LogP contribution >= 0.6 is 0 Å². The standard InChI is InChI=1S/C18H16N2O4/c1-23-16-9-5-6-14(12-16)18(22)24-13-17(21)20(11-10-19)15-7-3-2-4-8-15/h2-9,12H,11,13H2,1H3. The zero-order valence-electron chi connectivity index (χ0n) is 13.1. The summed E-state index contributed by atoms with van der Waals surface area (Å²) in [5.41, 5.74) is 0.857. The van der Waals surface area contributed by atoms with Crippen molar-refractivity contribution in [3.8, 4) is 11.8 Å². The molecule has 6 nitrogen and oxygen atoms in total. The summed E-state index contributed by atoms with van der Waals surface area (Å²) in [7, 11) is 1.49. The Morgan fingerprint density at radius 1 is 1.12 bits per heavy atom. The van der Waals surface area contributed by atoms with Gasteiger partial charge in [0.1, 0.15) is 12.3 Å². The number of anilines is 1. The zero-order valence-corrected chi connectivity index (χ0v) is 13.1. The molecule has 0 aromatic heterocycles. The van der Waals surface area contributed by atoms with Crippen LogP contribution in [-0.2, 0) is 9.53 Å². The molecule has 0 aliphatic rings. The number of nitrogens with zero attached hydrogens (tertiary/aromatic N) is 2. The zero-order chi connectivity index (χ0) is 17.4. The Morgan fingerprint density at radius 2 is 1.88 bits per heavy atom. The second-order valence-corrected chi connectivity index (χ2v) is 4.78. The molecule has 0 unspecified atom stereocenters. The summed E-state index contributed by atoms with van der Waals surface area (Å²) in [6.45, 7) is -0.577. The first-order chi connectivity index (χ1) is 11.7. The Labute approximate surface area is 139 Å². The van der Waals surface area contributed by atoms with Gasteiger partial charge in [-0.2, -0.15) is 5.26 Å². The van der Waals surface area contributed by atoms with Gasteiger partial charge < -0.3 is 9.47 Å². The molecule has 2 aromatic rings.